The summed E-state index contributed by atoms with van der Waals surface area (Å²) < 4.78 is 52.7. The second-order valence-electron chi connectivity index (χ2n) is 9.65. The van der Waals surface area contributed by atoms with Gasteiger partial charge in [-0.15, -0.1) is 0 Å². The van der Waals surface area contributed by atoms with E-state index in [9.17, 15) is 22.8 Å². The molecule has 0 bridgehead atoms. The number of alkyl halides is 2. The Balaban J connectivity index is 1.51. The van der Waals surface area contributed by atoms with Gasteiger partial charge in [-0.1, -0.05) is 11.6 Å². The molecule has 4 rings (SSSR count). The third-order valence-electron chi connectivity index (χ3n) is 5.57. The van der Waals surface area contributed by atoms with Gasteiger partial charge in [0, 0.05) is 43.1 Å². The van der Waals surface area contributed by atoms with Gasteiger partial charge in [0.05, 0.1) is 17.1 Å². The topological polar surface area (TPSA) is 84.7 Å². The lowest BCUT2D eigenvalue weighted by Crippen LogP contribution is -2.42. The zero-order valence-electron chi connectivity index (χ0n) is 20.0. The average Bonchev–Trinajstić information content (AvgIpc) is 3.20. The summed E-state index contributed by atoms with van der Waals surface area (Å²) in [5, 5.41) is 3.37. The van der Waals surface area contributed by atoms with Crippen molar-refractivity contribution < 1.29 is 31.9 Å². The zero-order valence-corrected chi connectivity index (χ0v) is 20.7. The number of furan rings is 1. The lowest BCUT2D eigenvalue weighted by molar-refractivity contribution is -0.0494. The van der Waals surface area contributed by atoms with Crippen molar-refractivity contribution >= 4 is 34.6 Å². The molecule has 36 heavy (non-hydrogen) atoms. The number of halogens is 4. The molecule has 1 saturated heterocycles. The molecule has 0 radical (unpaired) electrons. The molecule has 2 aromatic heterocycles. The van der Waals surface area contributed by atoms with Crippen LogP contribution in [0.5, 0.6) is 0 Å². The summed E-state index contributed by atoms with van der Waals surface area (Å²) >= 11 is 6.36. The quantitative estimate of drug-likeness (QED) is 0.441. The normalized spacial score (nSPS) is 15.7. The van der Waals surface area contributed by atoms with Crippen LogP contribution in [0.2, 0.25) is 5.02 Å². The van der Waals surface area contributed by atoms with Crippen molar-refractivity contribution in [3.05, 3.63) is 52.6 Å². The number of amides is 2. The van der Waals surface area contributed by atoms with E-state index in [1.165, 1.54) is 17.2 Å². The summed E-state index contributed by atoms with van der Waals surface area (Å²) in [5.41, 5.74) is 0.0164. The van der Waals surface area contributed by atoms with Gasteiger partial charge in [0.15, 0.2) is 5.58 Å². The van der Waals surface area contributed by atoms with E-state index in [-0.39, 0.29) is 35.9 Å². The molecule has 3 heterocycles. The Kier molecular flexibility index (Phi) is 6.92. The maximum absolute atomic E-state index is 15.0. The van der Waals surface area contributed by atoms with Crippen LogP contribution in [0, 0.1) is 5.82 Å². The minimum Gasteiger partial charge on any atom is -0.458 e. The van der Waals surface area contributed by atoms with Gasteiger partial charge in [-0.2, -0.15) is 0 Å². The number of hydrogen-bond acceptors (Lipinski definition) is 5. The first kappa shape index (κ1) is 25.8. The molecule has 0 spiro atoms. The minimum absolute atomic E-state index is 0.0209. The van der Waals surface area contributed by atoms with E-state index in [1.54, 1.807) is 32.9 Å². The highest BCUT2D eigenvalue weighted by Gasteiger charge is 2.36. The molecule has 0 aliphatic carbocycles. The number of piperidine rings is 1. The van der Waals surface area contributed by atoms with Crippen LogP contribution >= 0.6 is 11.6 Å². The van der Waals surface area contributed by atoms with Crippen LogP contribution in [-0.2, 0) is 11.3 Å². The van der Waals surface area contributed by atoms with E-state index < -0.39 is 42.2 Å². The Labute approximate surface area is 210 Å². The summed E-state index contributed by atoms with van der Waals surface area (Å²) in [5.74, 6) is -3.68. The zero-order chi connectivity index (χ0) is 26.3. The number of likely N-dealkylation sites (tertiary alicyclic amines) is 1. The van der Waals surface area contributed by atoms with Crippen molar-refractivity contribution in [2.24, 2.45) is 0 Å². The molecule has 3 aromatic rings. The number of rotatable bonds is 4. The number of carbonyl (C=O) groups is 2. The van der Waals surface area contributed by atoms with Crippen LogP contribution in [-0.4, -0.2) is 46.5 Å². The number of nitrogens with one attached hydrogen (secondary N) is 1. The van der Waals surface area contributed by atoms with Gasteiger partial charge in [0.1, 0.15) is 22.9 Å². The fraction of sp³-hybridized carbons (Fsp3) is 0.400. The highest BCUT2D eigenvalue weighted by molar-refractivity contribution is 6.35. The fourth-order valence-corrected chi connectivity index (χ4v) is 4.11. The minimum atomic E-state index is -2.79. The lowest BCUT2D eigenvalue weighted by Gasteiger charge is -2.31. The molecule has 7 nitrogen and oxygen atoms in total. The molecule has 1 aromatic carbocycles. The Morgan fingerprint density at radius 3 is 2.53 bits per heavy atom. The highest BCUT2D eigenvalue weighted by atomic mass is 35.5. The van der Waals surface area contributed by atoms with Gasteiger partial charge in [-0.25, -0.2) is 18.0 Å². The summed E-state index contributed by atoms with van der Waals surface area (Å²) in [6.45, 7) is 5.10. The monoisotopic (exact) mass is 523 g/mol. The van der Waals surface area contributed by atoms with Gasteiger partial charge in [0.2, 0.25) is 0 Å². The van der Waals surface area contributed by atoms with Gasteiger partial charge < -0.3 is 19.4 Å². The van der Waals surface area contributed by atoms with Crippen LogP contribution in [0.25, 0.3) is 22.2 Å². The molecule has 2 amide bonds. The first-order valence-corrected chi connectivity index (χ1v) is 11.7. The number of fused-ring (bicyclic) bond motifs is 1. The first-order chi connectivity index (χ1) is 16.8. The van der Waals surface area contributed by atoms with Crippen molar-refractivity contribution in [3.63, 3.8) is 0 Å². The van der Waals surface area contributed by atoms with Gasteiger partial charge in [0.25, 0.3) is 11.8 Å². The van der Waals surface area contributed by atoms with Gasteiger partial charge in [-0.05, 0) is 45.0 Å². The molecule has 1 aliphatic rings. The third kappa shape index (κ3) is 5.92. The smallest absolute Gasteiger partial charge is 0.408 e. The number of nitrogens with zero attached hydrogens (tertiary/aromatic N) is 2. The van der Waals surface area contributed by atoms with Gasteiger partial charge >= 0.3 is 6.09 Å². The number of ether oxygens (including phenoxy) is 1. The molecule has 1 N–H and O–H groups in total. The summed E-state index contributed by atoms with van der Waals surface area (Å²) in [7, 11) is 0. The number of hydrogen-bond donors (Lipinski definition) is 1. The Morgan fingerprint density at radius 1 is 1.19 bits per heavy atom. The van der Waals surface area contributed by atoms with Crippen LogP contribution in [0.3, 0.4) is 0 Å². The van der Waals surface area contributed by atoms with Crippen molar-refractivity contribution in [1.82, 2.24) is 15.2 Å². The second kappa shape index (κ2) is 9.65. The number of aromatic nitrogens is 1. The molecule has 0 atom stereocenters. The summed E-state index contributed by atoms with van der Waals surface area (Å²) in [6, 6.07) is 5.81. The van der Waals surface area contributed by atoms with E-state index in [0.717, 1.165) is 6.07 Å². The van der Waals surface area contributed by atoms with E-state index in [1.807, 2.05) is 0 Å². The molecule has 11 heteroatoms. The summed E-state index contributed by atoms with van der Waals surface area (Å²) in [4.78, 5) is 29.9. The molecule has 0 unspecified atom stereocenters. The third-order valence-corrected chi connectivity index (χ3v) is 5.85. The van der Waals surface area contributed by atoms with Crippen LogP contribution in [0.1, 0.15) is 49.7 Å². The van der Waals surface area contributed by atoms with Crippen LogP contribution in [0.15, 0.2) is 34.9 Å². The van der Waals surface area contributed by atoms with E-state index >= 15 is 0 Å². The Hall–Kier alpha value is -3.27. The van der Waals surface area contributed by atoms with Crippen molar-refractivity contribution in [2.45, 2.75) is 51.7 Å². The highest BCUT2D eigenvalue weighted by Crippen LogP contribution is 2.34. The molecule has 1 fully saturated rings. The van der Waals surface area contributed by atoms with Crippen LogP contribution in [0.4, 0.5) is 18.0 Å². The lowest BCUT2D eigenvalue weighted by atomic mass is 10.0. The predicted molar refractivity (Wildman–Crippen MR) is 128 cm³/mol. The van der Waals surface area contributed by atoms with Crippen LogP contribution < -0.4 is 5.32 Å². The van der Waals surface area contributed by atoms with E-state index in [2.05, 4.69) is 10.3 Å². The van der Waals surface area contributed by atoms with Gasteiger partial charge in [-0.3, -0.25) is 9.78 Å². The summed E-state index contributed by atoms with van der Waals surface area (Å²) in [6.07, 6.45) is -0.234. The number of benzene rings is 1. The van der Waals surface area contributed by atoms with Crippen molar-refractivity contribution in [3.8, 4) is 11.3 Å². The molecule has 1 aliphatic heterocycles. The SMILES string of the molecule is CC(C)(C)OC(=O)NCc1cc2cc(-c3ncc(C(=O)N4CCC(F)(F)CC4)cc3F)cc(Cl)c2o1. The second-order valence-corrected chi connectivity index (χ2v) is 10.1. The largest absolute Gasteiger partial charge is 0.458 e. The molecular formula is C25H25ClF3N3O4. The fourth-order valence-electron chi connectivity index (χ4n) is 3.85. The van der Waals surface area contributed by atoms with Crippen molar-refractivity contribution in [1.29, 1.82) is 0 Å². The maximum Gasteiger partial charge on any atom is 0.408 e. The predicted octanol–water partition coefficient (Wildman–Crippen LogP) is 6.18. The standard InChI is InChI=1S/C25H25ClF3N3O4/c1-24(2,3)36-23(34)31-13-17-9-15-8-14(10-18(26)21(15)35-17)20-19(27)11-16(12-30-20)22(33)32-6-4-25(28,29)5-7-32/h8-12H,4-7,13H2,1-3H3,(H,31,34). The Bertz CT molecular complexity index is 1310. The van der Waals surface area contributed by atoms with Crippen molar-refractivity contribution in [2.75, 3.05) is 13.1 Å². The van der Waals surface area contributed by atoms with E-state index in [0.29, 0.717) is 22.3 Å². The maximum atomic E-state index is 15.0. The number of alkyl carbamates (subject to hydrolysis) is 1. The average molecular weight is 524 g/mol. The Morgan fingerprint density at radius 2 is 1.89 bits per heavy atom. The molecule has 0 saturated carbocycles. The molecule has 192 valence electrons. The number of pyridine rings is 1. The molecular weight excluding hydrogens is 499 g/mol. The number of carbonyl (C=O) groups excluding carboxylic acids is 2. The first-order valence-electron chi connectivity index (χ1n) is 11.3. The van der Waals surface area contributed by atoms with E-state index in [4.69, 9.17) is 20.8 Å².